The summed E-state index contributed by atoms with van der Waals surface area (Å²) in [5, 5.41) is 0. The molecule has 1 saturated carbocycles. The zero-order valence-corrected chi connectivity index (χ0v) is 8.03. The number of hydrogen-bond acceptors (Lipinski definition) is 3. The highest BCUT2D eigenvalue weighted by atomic mass is 16.5. The predicted molar refractivity (Wildman–Crippen MR) is 52.2 cm³/mol. The zero-order chi connectivity index (χ0) is 9.26. The second kappa shape index (κ2) is 3.24. The summed E-state index contributed by atoms with van der Waals surface area (Å²) in [6.45, 7) is 0. The Bertz CT molecular complexity index is 295. The first-order valence-electron chi connectivity index (χ1n) is 4.55. The van der Waals surface area contributed by atoms with Gasteiger partial charge < -0.3 is 9.64 Å². The van der Waals surface area contributed by atoms with Crippen molar-refractivity contribution in [3.63, 3.8) is 0 Å². The van der Waals surface area contributed by atoms with E-state index in [4.69, 9.17) is 4.74 Å². The van der Waals surface area contributed by atoms with Gasteiger partial charge in [-0.25, -0.2) is 0 Å². The van der Waals surface area contributed by atoms with Gasteiger partial charge in [-0.15, -0.1) is 0 Å². The van der Waals surface area contributed by atoms with Crippen LogP contribution in [0.2, 0.25) is 0 Å². The number of pyridine rings is 1. The van der Waals surface area contributed by atoms with E-state index in [9.17, 15) is 0 Å². The minimum Gasteiger partial charge on any atom is -0.488 e. The third-order valence-electron chi connectivity index (χ3n) is 2.06. The quantitative estimate of drug-likeness (QED) is 0.704. The lowest BCUT2D eigenvalue weighted by atomic mass is 10.3. The molecule has 1 aliphatic carbocycles. The Labute approximate surface area is 78.3 Å². The Hall–Kier alpha value is -1.25. The minimum atomic E-state index is 0.445. The summed E-state index contributed by atoms with van der Waals surface area (Å²) in [5.74, 6) is 0.947. The molecule has 0 aromatic carbocycles. The van der Waals surface area contributed by atoms with Crippen molar-refractivity contribution in [1.82, 2.24) is 4.98 Å². The lowest BCUT2D eigenvalue weighted by Gasteiger charge is -2.16. The molecule has 1 heterocycles. The summed E-state index contributed by atoms with van der Waals surface area (Å²) in [7, 11) is 3.99. The van der Waals surface area contributed by atoms with Crippen molar-refractivity contribution in [2.24, 2.45) is 0 Å². The van der Waals surface area contributed by atoms with Crippen molar-refractivity contribution in [3.05, 3.63) is 18.5 Å². The normalized spacial score (nSPS) is 15.5. The van der Waals surface area contributed by atoms with Crippen LogP contribution in [0.3, 0.4) is 0 Å². The topological polar surface area (TPSA) is 25.4 Å². The number of aromatic nitrogens is 1. The van der Waals surface area contributed by atoms with Gasteiger partial charge in [0.2, 0.25) is 0 Å². The first kappa shape index (κ1) is 8.35. The molecule has 70 valence electrons. The van der Waals surface area contributed by atoms with Gasteiger partial charge in [0.15, 0.2) is 0 Å². The molecule has 0 radical (unpaired) electrons. The molecule has 13 heavy (non-hydrogen) atoms. The number of nitrogens with zero attached hydrogens (tertiary/aromatic N) is 2. The summed E-state index contributed by atoms with van der Waals surface area (Å²) in [5.41, 5.74) is 1.05. The summed E-state index contributed by atoms with van der Waals surface area (Å²) in [6, 6.07) is 1.92. The van der Waals surface area contributed by atoms with E-state index in [-0.39, 0.29) is 0 Å². The van der Waals surface area contributed by atoms with E-state index in [1.807, 2.05) is 31.3 Å². The fourth-order valence-electron chi connectivity index (χ4n) is 1.17. The zero-order valence-electron chi connectivity index (χ0n) is 8.03. The van der Waals surface area contributed by atoms with Crippen molar-refractivity contribution in [2.75, 3.05) is 19.0 Å². The molecular weight excluding hydrogens is 164 g/mol. The molecule has 0 spiro atoms. The van der Waals surface area contributed by atoms with Crippen LogP contribution in [0, 0.1) is 0 Å². The number of ether oxygens (including phenoxy) is 1. The van der Waals surface area contributed by atoms with Crippen molar-refractivity contribution in [1.29, 1.82) is 0 Å². The van der Waals surface area contributed by atoms with E-state index in [1.165, 1.54) is 12.8 Å². The van der Waals surface area contributed by atoms with Crippen molar-refractivity contribution < 1.29 is 4.74 Å². The van der Waals surface area contributed by atoms with Crippen LogP contribution in [0.4, 0.5) is 5.69 Å². The van der Waals surface area contributed by atoms with Crippen molar-refractivity contribution in [3.8, 4) is 5.75 Å². The monoisotopic (exact) mass is 178 g/mol. The number of hydrogen-bond donors (Lipinski definition) is 0. The summed E-state index contributed by atoms with van der Waals surface area (Å²) >= 11 is 0. The molecule has 1 aromatic heterocycles. The van der Waals surface area contributed by atoms with Crippen molar-refractivity contribution >= 4 is 5.69 Å². The van der Waals surface area contributed by atoms with Gasteiger partial charge in [-0.1, -0.05) is 0 Å². The molecule has 2 rings (SSSR count). The highest BCUT2D eigenvalue weighted by Gasteiger charge is 2.24. The van der Waals surface area contributed by atoms with Gasteiger partial charge in [0, 0.05) is 26.4 Å². The van der Waals surface area contributed by atoms with Gasteiger partial charge >= 0.3 is 0 Å². The molecule has 0 N–H and O–H groups in total. The second-order valence-electron chi connectivity index (χ2n) is 3.56. The van der Waals surface area contributed by atoms with Crippen LogP contribution in [0.5, 0.6) is 5.75 Å². The van der Waals surface area contributed by atoms with Crippen LogP contribution < -0.4 is 9.64 Å². The van der Waals surface area contributed by atoms with Gasteiger partial charge in [-0.05, 0) is 12.8 Å². The molecule has 0 saturated heterocycles. The highest BCUT2D eigenvalue weighted by molar-refractivity contribution is 5.55. The third kappa shape index (κ3) is 1.91. The minimum absolute atomic E-state index is 0.445. The Morgan fingerprint density at radius 2 is 2.23 bits per heavy atom. The van der Waals surface area contributed by atoms with E-state index in [0.717, 1.165) is 11.4 Å². The smallest absolute Gasteiger partial charge is 0.146 e. The van der Waals surface area contributed by atoms with Gasteiger partial charge in [-0.3, -0.25) is 4.98 Å². The second-order valence-corrected chi connectivity index (χ2v) is 3.56. The van der Waals surface area contributed by atoms with Gasteiger partial charge in [0.05, 0.1) is 18.0 Å². The molecule has 0 bridgehead atoms. The summed E-state index contributed by atoms with van der Waals surface area (Å²) < 4.78 is 5.74. The molecule has 1 aliphatic rings. The van der Waals surface area contributed by atoms with E-state index in [0.29, 0.717) is 6.10 Å². The Morgan fingerprint density at radius 1 is 1.46 bits per heavy atom. The lowest BCUT2D eigenvalue weighted by molar-refractivity contribution is 0.303. The fourth-order valence-corrected chi connectivity index (χ4v) is 1.17. The average Bonchev–Trinajstić information content (AvgIpc) is 2.89. The van der Waals surface area contributed by atoms with Crippen LogP contribution in [-0.4, -0.2) is 25.2 Å². The van der Waals surface area contributed by atoms with Crippen LogP contribution in [0.1, 0.15) is 12.8 Å². The molecule has 1 fully saturated rings. The molecule has 0 atom stereocenters. The number of rotatable bonds is 3. The summed E-state index contributed by atoms with van der Waals surface area (Å²) in [6.07, 6.45) is 6.42. The maximum atomic E-state index is 5.74. The number of anilines is 1. The van der Waals surface area contributed by atoms with Crippen LogP contribution in [0.15, 0.2) is 18.5 Å². The molecule has 0 amide bonds. The Morgan fingerprint density at radius 3 is 2.85 bits per heavy atom. The molecular formula is C10H14N2O. The standard InChI is InChI=1S/C10H14N2O/c1-12(2)9-7-11-6-5-10(9)13-8-3-4-8/h5-8H,3-4H2,1-2H3. The molecule has 1 aromatic rings. The third-order valence-corrected chi connectivity index (χ3v) is 2.06. The molecule has 0 unspecified atom stereocenters. The lowest BCUT2D eigenvalue weighted by Crippen LogP contribution is -2.11. The maximum Gasteiger partial charge on any atom is 0.146 e. The molecule has 3 nitrogen and oxygen atoms in total. The SMILES string of the molecule is CN(C)c1cnccc1OC1CC1. The van der Waals surface area contributed by atoms with Gasteiger partial charge in [-0.2, -0.15) is 0 Å². The first-order chi connectivity index (χ1) is 6.27. The van der Waals surface area contributed by atoms with E-state index >= 15 is 0 Å². The van der Waals surface area contributed by atoms with E-state index in [1.54, 1.807) is 6.20 Å². The predicted octanol–water partition coefficient (Wildman–Crippen LogP) is 1.69. The van der Waals surface area contributed by atoms with E-state index in [2.05, 4.69) is 4.98 Å². The molecule has 0 aliphatic heterocycles. The van der Waals surface area contributed by atoms with E-state index < -0.39 is 0 Å². The van der Waals surface area contributed by atoms with Crippen LogP contribution in [0.25, 0.3) is 0 Å². The highest BCUT2D eigenvalue weighted by Crippen LogP contribution is 2.32. The molecule has 3 heteroatoms. The average molecular weight is 178 g/mol. The van der Waals surface area contributed by atoms with Crippen LogP contribution >= 0.6 is 0 Å². The fraction of sp³-hybridized carbons (Fsp3) is 0.500. The Balaban J connectivity index is 2.20. The van der Waals surface area contributed by atoms with Gasteiger partial charge in [0.1, 0.15) is 5.75 Å². The Kier molecular flexibility index (Phi) is 2.08. The largest absolute Gasteiger partial charge is 0.488 e. The van der Waals surface area contributed by atoms with Crippen molar-refractivity contribution in [2.45, 2.75) is 18.9 Å². The van der Waals surface area contributed by atoms with Gasteiger partial charge in [0.25, 0.3) is 0 Å². The summed E-state index contributed by atoms with van der Waals surface area (Å²) in [4.78, 5) is 6.09. The maximum absolute atomic E-state index is 5.74. The first-order valence-corrected chi connectivity index (χ1v) is 4.55. The van der Waals surface area contributed by atoms with Crippen LogP contribution in [-0.2, 0) is 0 Å².